The van der Waals surface area contributed by atoms with E-state index in [0.717, 1.165) is 65.1 Å². The van der Waals surface area contributed by atoms with Crippen molar-refractivity contribution < 1.29 is 14.9 Å². The number of nitrogens with zero attached hydrogens (tertiary/aromatic N) is 1. The summed E-state index contributed by atoms with van der Waals surface area (Å²) in [5, 5.41) is 22.0. The van der Waals surface area contributed by atoms with Gasteiger partial charge < -0.3 is 14.9 Å². The van der Waals surface area contributed by atoms with Gasteiger partial charge in [-0.15, -0.1) is 13.2 Å². The zero-order valence-electron chi connectivity index (χ0n) is 20.5. The molecule has 1 atom stereocenters. The Morgan fingerprint density at radius 1 is 0.914 bits per heavy atom. The first-order chi connectivity index (χ1) is 17.0. The molecule has 3 aromatic carbocycles. The van der Waals surface area contributed by atoms with Gasteiger partial charge in [-0.2, -0.15) is 0 Å². The molecule has 4 nitrogen and oxygen atoms in total. The van der Waals surface area contributed by atoms with E-state index in [0.29, 0.717) is 12.8 Å². The third-order valence-electron chi connectivity index (χ3n) is 6.82. The highest BCUT2D eigenvalue weighted by Crippen LogP contribution is 2.43. The zero-order valence-corrected chi connectivity index (χ0v) is 20.5. The van der Waals surface area contributed by atoms with Crippen LogP contribution in [0.2, 0.25) is 0 Å². The number of hydrogen-bond donors (Lipinski definition) is 2. The molecule has 0 spiro atoms. The van der Waals surface area contributed by atoms with E-state index >= 15 is 0 Å². The minimum absolute atomic E-state index is 0.0746. The summed E-state index contributed by atoms with van der Waals surface area (Å²) in [6.07, 6.45) is 8.46. The maximum absolute atomic E-state index is 11.7. The van der Waals surface area contributed by atoms with Crippen molar-refractivity contribution >= 4 is 0 Å². The summed E-state index contributed by atoms with van der Waals surface area (Å²) in [4.78, 5) is 2.47. The summed E-state index contributed by atoms with van der Waals surface area (Å²) in [5.74, 6) is 1.33. The summed E-state index contributed by atoms with van der Waals surface area (Å²) in [6.45, 7) is 9.72. The topological polar surface area (TPSA) is 52.9 Å². The van der Waals surface area contributed by atoms with Crippen LogP contribution in [0.1, 0.15) is 47.6 Å². The van der Waals surface area contributed by atoms with Gasteiger partial charge in [0.15, 0.2) is 0 Å². The van der Waals surface area contributed by atoms with Crippen LogP contribution in [0.4, 0.5) is 0 Å². The molecule has 0 saturated carbocycles. The van der Waals surface area contributed by atoms with Gasteiger partial charge in [0.05, 0.1) is 13.2 Å². The van der Waals surface area contributed by atoms with Crippen LogP contribution in [0.3, 0.4) is 0 Å². The predicted octanol–water partition coefficient (Wildman–Crippen LogP) is 6.81. The number of ether oxygens (including phenoxy) is 1. The van der Waals surface area contributed by atoms with E-state index in [1.54, 1.807) is 19.3 Å². The molecule has 1 aliphatic heterocycles. The zero-order chi connectivity index (χ0) is 24.8. The number of rotatable bonds is 9. The molecule has 0 aromatic heterocycles. The van der Waals surface area contributed by atoms with Crippen LogP contribution in [0.15, 0.2) is 79.9 Å². The van der Waals surface area contributed by atoms with Crippen molar-refractivity contribution in [2.45, 2.75) is 38.1 Å². The molecule has 0 aliphatic carbocycles. The second kappa shape index (κ2) is 11.3. The van der Waals surface area contributed by atoms with E-state index in [-0.39, 0.29) is 17.5 Å². The van der Waals surface area contributed by atoms with E-state index in [1.165, 1.54) is 6.42 Å². The van der Waals surface area contributed by atoms with Gasteiger partial charge in [0.1, 0.15) is 17.2 Å². The lowest BCUT2D eigenvalue weighted by atomic mass is 9.88. The lowest BCUT2D eigenvalue weighted by molar-refractivity contribution is 0.185. The summed E-state index contributed by atoms with van der Waals surface area (Å²) in [6, 6.07) is 17.7. The van der Waals surface area contributed by atoms with Crippen LogP contribution in [-0.2, 0) is 12.8 Å². The third-order valence-corrected chi connectivity index (χ3v) is 6.82. The first-order valence-electron chi connectivity index (χ1n) is 12.3. The van der Waals surface area contributed by atoms with Crippen molar-refractivity contribution in [3.63, 3.8) is 0 Å². The van der Waals surface area contributed by atoms with E-state index < -0.39 is 0 Å². The Morgan fingerprint density at radius 2 is 1.63 bits per heavy atom. The van der Waals surface area contributed by atoms with E-state index in [2.05, 4.69) is 36.3 Å². The minimum atomic E-state index is -0.0746. The average Bonchev–Trinajstić information content (AvgIpc) is 2.88. The highest BCUT2D eigenvalue weighted by molar-refractivity contribution is 5.75. The Labute approximate surface area is 208 Å². The van der Waals surface area contributed by atoms with E-state index in [1.807, 2.05) is 36.4 Å². The Morgan fingerprint density at radius 3 is 2.29 bits per heavy atom. The van der Waals surface area contributed by atoms with E-state index in [9.17, 15) is 10.2 Å². The largest absolute Gasteiger partial charge is 0.508 e. The lowest BCUT2D eigenvalue weighted by Crippen LogP contribution is -2.34. The van der Waals surface area contributed by atoms with Gasteiger partial charge in [-0.25, -0.2) is 0 Å². The molecule has 4 heteroatoms. The molecule has 3 aromatic rings. The van der Waals surface area contributed by atoms with E-state index in [4.69, 9.17) is 4.74 Å². The van der Waals surface area contributed by atoms with Crippen LogP contribution in [-0.4, -0.2) is 35.3 Å². The fourth-order valence-corrected chi connectivity index (χ4v) is 5.05. The molecule has 1 aliphatic rings. The standard InChI is InChI=1S/C31H35NO3/c1-4-9-22-19-27(24-13-16-29(33)25(21-24)10-5-2)31(34)28(20-22)30(32-17-7-6-8-18-32)23-11-14-26(35-3)15-12-23/h4-5,11-16,19-21,30,33-34H,1-2,6-10,17-18H2,3H3. The lowest BCUT2D eigenvalue weighted by Gasteiger charge is -2.36. The van der Waals surface area contributed by atoms with Gasteiger partial charge in [0.25, 0.3) is 0 Å². The number of likely N-dealkylation sites (tertiary alicyclic amines) is 1. The predicted molar refractivity (Wildman–Crippen MR) is 143 cm³/mol. The molecule has 0 bridgehead atoms. The second-order valence-electron chi connectivity index (χ2n) is 9.18. The fourth-order valence-electron chi connectivity index (χ4n) is 5.05. The van der Waals surface area contributed by atoms with Gasteiger partial charge in [0.2, 0.25) is 0 Å². The molecule has 0 amide bonds. The Bertz CT molecular complexity index is 1180. The van der Waals surface area contributed by atoms with Gasteiger partial charge in [-0.3, -0.25) is 4.90 Å². The smallest absolute Gasteiger partial charge is 0.128 e. The number of methoxy groups -OCH3 is 1. The van der Waals surface area contributed by atoms with Crippen molar-refractivity contribution in [3.05, 3.63) is 102 Å². The Kier molecular flexibility index (Phi) is 7.94. The van der Waals surface area contributed by atoms with Crippen LogP contribution < -0.4 is 4.74 Å². The quantitative estimate of drug-likeness (QED) is 0.338. The molecule has 35 heavy (non-hydrogen) atoms. The summed E-state index contributed by atoms with van der Waals surface area (Å²) in [7, 11) is 1.67. The fraction of sp³-hybridized carbons (Fsp3) is 0.290. The summed E-state index contributed by atoms with van der Waals surface area (Å²) in [5.41, 5.74) is 5.54. The van der Waals surface area contributed by atoms with Crippen LogP contribution in [0.5, 0.6) is 17.2 Å². The van der Waals surface area contributed by atoms with Crippen molar-refractivity contribution in [2.75, 3.05) is 20.2 Å². The first kappa shape index (κ1) is 24.6. The number of piperidine rings is 1. The van der Waals surface area contributed by atoms with Crippen molar-refractivity contribution in [3.8, 4) is 28.4 Å². The van der Waals surface area contributed by atoms with Gasteiger partial charge in [-0.05, 0) is 97.4 Å². The van der Waals surface area contributed by atoms with Crippen LogP contribution >= 0.6 is 0 Å². The number of benzene rings is 3. The molecule has 1 unspecified atom stereocenters. The molecule has 182 valence electrons. The number of allylic oxidation sites excluding steroid dienone is 2. The number of phenols is 2. The highest BCUT2D eigenvalue weighted by Gasteiger charge is 2.28. The normalized spacial score (nSPS) is 14.9. The molecule has 4 rings (SSSR count). The van der Waals surface area contributed by atoms with Gasteiger partial charge >= 0.3 is 0 Å². The summed E-state index contributed by atoms with van der Waals surface area (Å²) >= 11 is 0. The average molecular weight is 470 g/mol. The van der Waals surface area contributed by atoms with Crippen molar-refractivity contribution in [2.24, 2.45) is 0 Å². The third kappa shape index (κ3) is 5.44. The molecule has 2 N–H and O–H groups in total. The summed E-state index contributed by atoms with van der Waals surface area (Å²) < 4.78 is 5.39. The Hall–Kier alpha value is -3.50. The maximum Gasteiger partial charge on any atom is 0.128 e. The molecule has 1 saturated heterocycles. The number of aromatic hydroxyl groups is 2. The first-order valence-corrected chi connectivity index (χ1v) is 12.3. The molecule has 0 radical (unpaired) electrons. The molecular formula is C31H35NO3. The van der Waals surface area contributed by atoms with Crippen LogP contribution in [0, 0.1) is 0 Å². The number of hydrogen-bond acceptors (Lipinski definition) is 4. The van der Waals surface area contributed by atoms with Gasteiger partial charge in [-0.1, -0.05) is 36.8 Å². The molecular weight excluding hydrogens is 434 g/mol. The Balaban J connectivity index is 1.89. The minimum Gasteiger partial charge on any atom is -0.508 e. The molecule has 1 heterocycles. The SMILES string of the molecule is C=CCc1cc(-c2ccc(O)c(CC=C)c2)c(O)c(C(c2ccc(OC)cc2)N2CCCCC2)c1. The molecule has 1 fully saturated rings. The number of phenolic OH excluding ortho intramolecular Hbond substituents is 2. The van der Waals surface area contributed by atoms with Crippen LogP contribution in [0.25, 0.3) is 11.1 Å². The van der Waals surface area contributed by atoms with Crippen molar-refractivity contribution in [1.29, 1.82) is 0 Å². The maximum atomic E-state index is 11.7. The van der Waals surface area contributed by atoms with Crippen molar-refractivity contribution in [1.82, 2.24) is 4.90 Å². The monoisotopic (exact) mass is 469 g/mol. The second-order valence-corrected chi connectivity index (χ2v) is 9.18. The highest BCUT2D eigenvalue weighted by atomic mass is 16.5. The van der Waals surface area contributed by atoms with Gasteiger partial charge in [0, 0.05) is 11.1 Å².